The molecule has 0 aliphatic heterocycles. The molecule has 0 saturated heterocycles. The van der Waals surface area contributed by atoms with Crippen molar-refractivity contribution in [2.75, 3.05) is 0 Å². The molecule has 58 heavy (non-hydrogen) atoms. The minimum atomic E-state index is -0.636. The number of carboxylic acid groups (broad SMARTS) is 1. The van der Waals surface area contributed by atoms with Crippen molar-refractivity contribution in [1.82, 2.24) is 0 Å². The van der Waals surface area contributed by atoms with Crippen LogP contribution in [0.15, 0.2) is 0 Å². The molecule has 7 nitrogen and oxygen atoms in total. The molecule has 0 bridgehead atoms. The number of carbonyl (C=O) groups excluding carboxylic acids is 4. The Balaban J connectivity index is 0. The van der Waals surface area contributed by atoms with Crippen LogP contribution < -0.4 is 51.4 Å². The fraction of sp³-hybridized carbons (Fsp3) is 0.900. The van der Waals surface area contributed by atoms with Gasteiger partial charge in [0.15, 0.2) is 0 Å². The molecule has 6 aliphatic rings. The molecule has 6 fully saturated rings. The number of hydrogen-bond donors (Lipinski definition) is 1. The zero-order chi connectivity index (χ0) is 44.1. The summed E-state index contributed by atoms with van der Waals surface area (Å²) in [6, 6.07) is 0. The summed E-state index contributed by atoms with van der Waals surface area (Å²) in [6.07, 6.45) is 15.2. The van der Waals surface area contributed by atoms with E-state index in [9.17, 15) is 24.0 Å². The molecular weight excluding hydrogens is 752 g/mol. The number of rotatable bonds is 1. The number of hydrogen-bond acceptors (Lipinski definition) is 6. The van der Waals surface area contributed by atoms with E-state index in [-0.39, 0.29) is 89.4 Å². The Kier molecular flexibility index (Phi) is 22.6. The molecule has 0 aromatic rings. The van der Waals surface area contributed by atoms with Crippen molar-refractivity contribution in [3.05, 3.63) is 0 Å². The van der Waals surface area contributed by atoms with Gasteiger partial charge in [0.2, 0.25) is 0 Å². The molecule has 6 saturated carbocycles. The maximum absolute atomic E-state index is 11.3. The van der Waals surface area contributed by atoms with Gasteiger partial charge < -0.3 is 10.6 Å². The predicted octanol–water partition coefficient (Wildman–Crippen LogP) is 10.5. The molecule has 0 heterocycles. The minimum absolute atomic E-state index is 0. The van der Waals surface area contributed by atoms with Crippen LogP contribution in [0.1, 0.15) is 228 Å². The van der Waals surface area contributed by atoms with Crippen molar-refractivity contribution in [3.63, 3.8) is 0 Å². The summed E-state index contributed by atoms with van der Waals surface area (Å²) < 4.78 is 0. The van der Waals surface area contributed by atoms with Crippen LogP contribution in [0.2, 0.25) is 0 Å². The number of aliphatic carboxylic acids is 1. The van der Waals surface area contributed by atoms with Gasteiger partial charge in [-0.3, -0.25) is 24.0 Å². The molecule has 6 aliphatic carbocycles. The van der Waals surface area contributed by atoms with E-state index >= 15 is 0 Å². The molecule has 0 amide bonds. The Morgan fingerprint density at radius 1 is 0.500 bits per heavy atom. The van der Waals surface area contributed by atoms with Gasteiger partial charge in [-0.15, -0.1) is 0 Å². The first kappa shape index (κ1) is 59.8. The van der Waals surface area contributed by atoms with Gasteiger partial charge in [-0.1, -0.05) is 125 Å². The molecule has 0 aromatic carbocycles. The van der Waals surface area contributed by atoms with Crippen LogP contribution in [0.5, 0.6) is 0 Å². The summed E-state index contributed by atoms with van der Waals surface area (Å²) in [5.41, 5.74) is 1.41. The quantitative estimate of drug-likeness (QED) is 0.260. The Hall–Kier alpha value is -0.254. The van der Waals surface area contributed by atoms with Gasteiger partial charge in [-0.05, 0) is 110 Å². The predicted molar refractivity (Wildman–Crippen MR) is 236 cm³/mol. The third kappa shape index (κ3) is 20.7. The molecule has 0 radical (unpaired) electrons. The van der Waals surface area contributed by atoms with Crippen LogP contribution in [0, 0.1) is 60.6 Å². The smallest absolute Gasteiger partial charge is 0.870 e. The summed E-state index contributed by atoms with van der Waals surface area (Å²) in [5, 5.41) is 8.90. The zero-order valence-electron chi connectivity index (χ0n) is 41.7. The van der Waals surface area contributed by atoms with Gasteiger partial charge in [-0.25, -0.2) is 0 Å². The number of carboxylic acids is 1. The Bertz CT molecular complexity index is 1340. The van der Waals surface area contributed by atoms with E-state index in [1.165, 1.54) is 19.3 Å². The molecule has 6 rings (SSSR count). The summed E-state index contributed by atoms with van der Waals surface area (Å²) in [5.74, 6) is 2.40. The first-order valence-electron chi connectivity index (χ1n) is 22.1. The van der Waals surface area contributed by atoms with Crippen molar-refractivity contribution in [2.45, 2.75) is 228 Å². The molecular formula is C50H91KO7. The largest absolute Gasteiger partial charge is 1.00 e. The second kappa shape index (κ2) is 21.9. The van der Waals surface area contributed by atoms with Crippen LogP contribution in [-0.2, 0) is 24.0 Å². The van der Waals surface area contributed by atoms with Gasteiger partial charge in [0, 0.05) is 48.3 Å². The van der Waals surface area contributed by atoms with Gasteiger partial charge in [-0.2, -0.15) is 0 Å². The van der Waals surface area contributed by atoms with E-state index in [1.54, 1.807) is 0 Å². The third-order valence-corrected chi connectivity index (χ3v) is 13.4. The summed E-state index contributed by atoms with van der Waals surface area (Å²) >= 11 is 0. The fourth-order valence-corrected chi connectivity index (χ4v) is 10.9. The topological polar surface area (TPSA) is 136 Å². The maximum atomic E-state index is 11.3. The van der Waals surface area contributed by atoms with E-state index < -0.39 is 11.4 Å². The first-order valence-corrected chi connectivity index (χ1v) is 22.1. The van der Waals surface area contributed by atoms with Crippen LogP contribution in [0.25, 0.3) is 0 Å². The Morgan fingerprint density at radius 2 is 0.879 bits per heavy atom. The van der Waals surface area contributed by atoms with Gasteiger partial charge in [0.05, 0.1) is 5.41 Å². The molecule has 8 heteroatoms. The molecule has 0 unspecified atom stereocenters. The molecule has 334 valence electrons. The summed E-state index contributed by atoms with van der Waals surface area (Å²) in [6.45, 7) is 40.8. The number of carbonyl (C=O) groups is 5. The second-order valence-electron chi connectivity index (χ2n) is 25.6. The number of Topliss-reactive ketones (excluding diaryl/α,β-unsaturated/α-hetero) is 4. The van der Waals surface area contributed by atoms with Gasteiger partial charge in [0.25, 0.3) is 0 Å². The third-order valence-electron chi connectivity index (χ3n) is 13.4. The second-order valence-corrected chi connectivity index (χ2v) is 25.6. The van der Waals surface area contributed by atoms with E-state index in [1.807, 2.05) is 48.5 Å². The summed E-state index contributed by atoms with van der Waals surface area (Å²) in [7, 11) is 0. The first-order chi connectivity index (χ1) is 24.8. The monoisotopic (exact) mass is 843 g/mol. The molecule has 0 aromatic heterocycles. The van der Waals surface area contributed by atoms with Crippen LogP contribution >= 0.6 is 0 Å². The van der Waals surface area contributed by atoms with E-state index in [2.05, 4.69) is 83.1 Å². The van der Waals surface area contributed by atoms with Crippen molar-refractivity contribution >= 4 is 29.1 Å². The van der Waals surface area contributed by atoms with Crippen LogP contribution in [0.3, 0.4) is 0 Å². The van der Waals surface area contributed by atoms with Crippen molar-refractivity contribution in [1.29, 1.82) is 0 Å². The van der Waals surface area contributed by atoms with Crippen molar-refractivity contribution in [2.24, 2.45) is 60.6 Å². The molecule has 2 N–H and O–H groups in total. The minimum Gasteiger partial charge on any atom is -0.870 e. The average molecular weight is 843 g/mol. The Morgan fingerprint density at radius 3 is 0.983 bits per heavy atom. The van der Waals surface area contributed by atoms with E-state index in [4.69, 9.17) is 5.11 Å². The number of ketones is 4. The SMILES string of the molecule is CC1(C)CC(=O)C(C)(C)C1.CC1(C)CC(=O)C(C)(C)C1.CC1(C)CCC(C)(C)C1.CC1(C)CC[C@](C)(C(=O)O)C1.C[C@@H]1CCC(=O)C1.C[C@H]1CC(=O)C(C)(C)C1.[K+].[OH-]. The normalized spacial score (nSPS) is 30.5. The van der Waals surface area contributed by atoms with Gasteiger partial charge in [0.1, 0.15) is 23.1 Å². The molecule has 0 spiro atoms. The maximum Gasteiger partial charge on any atom is 1.00 e. The standard InChI is InChI=1S/C9H16O2.2C9H16O.C9H18.C8H14O.C6H10O.K.H2O/c1-8(2)4-5-9(3,6-8)7(10)11;2*1-8(2)5-7(10)9(3,4)6-8;1-8(2)5-6-9(3,4)7-8;1-6-4-7(9)8(2,3)5-6;1-5-2-3-6(7)4-5;;/h4-6H2,1-3H3,(H,10,11);2*5-6H2,1-4H3;5-7H2,1-4H3;6H,4-5H2,1-3H3;5H,2-4H2,1H3;;1H2/q;;;;;;+1;/p-1/t9-;;;;6-;5-;;/m0...01../s1. The fourth-order valence-electron chi connectivity index (χ4n) is 10.9. The average Bonchev–Trinajstić information content (AvgIpc) is 3.72. The van der Waals surface area contributed by atoms with E-state index in [0.29, 0.717) is 45.8 Å². The van der Waals surface area contributed by atoms with E-state index in [0.717, 1.165) is 77.0 Å². The Labute approximate surface area is 400 Å². The molecule has 3 atom stereocenters. The van der Waals surface area contributed by atoms with Crippen molar-refractivity contribution < 1.29 is 85.9 Å². The van der Waals surface area contributed by atoms with Gasteiger partial charge >= 0.3 is 57.4 Å². The summed E-state index contributed by atoms with van der Waals surface area (Å²) in [4.78, 5) is 55.0. The van der Waals surface area contributed by atoms with Crippen molar-refractivity contribution in [3.8, 4) is 0 Å². The van der Waals surface area contributed by atoms with Crippen LogP contribution in [-0.4, -0.2) is 39.7 Å². The van der Waals surface area contributed by atoms with Crippen LogP contribution in [0.4, 0.5) is 0 Å². The zero-order valence-corrected chi connectivity index (χ0v) is 44.8.